The molecular weight excluding hydrogens is 1760 g/mol. The summed E-state index contributed by atoms with van der Waals surface area (Å²) in [5.74, 6) is -29.7. The van der Waals surface area contributed by atoms with E-state index in [-0.39, 0.29) is 50.0 Å². The van der Waals surface area contributed by atoms with Crippen molar-refractivity contribution in [3.63, 3.8) is 0 Å². The molecule has 13 atom stereocenters. The first kappa shape index (κ1) is 108. The SMILES string of the molecule is CCCCCCCCCC(=O)N[C@@H](Cc1c[nH]c2ccccc12)C(=O)N[C@@H](CC(N)=O)C(=O)N[C@@H](CC(=O)O)C(=O)NC1C(=O)NCC(=O)N[C@@H](CCCNCc2ccc(N3CCN(Cc4ccccc4)CC3)cc2)C(=O)NC(CC(=O)O)C(=O)N[C@H](C)C(=O)N[C@@H](CC(=O)O)C(=O)NCC(=O)N[C@H](CO)C(=O)NC([C@H](C)CC(=O)O)C(=O)N[C@@H](CC(=O)c2ccccc2N)C(=O)OC1C. The first-order valence-electron chi connectivity index (χ1n) is 44.4. The second kappa shape index (κ2) is 54.5. The molecule has 135 heavy (non-hydrogen) atoms. The third kappa shape index (κ3) is 36.2. The van der Waals surface area contributed by atoms with Crippen molar-refractivity contribution >= 4 is 141 Å². The lowest BCUT2D eigenvalue weighted by atomic mass is 9.96. The number of piperazine rings is 1. The molecule has 0 spiro atoms. The molecule has 45 nitrogen and oxygen atoms in total. The van der Waals surface area contributed by atoms with E-state index in [4.69, 9.17) is 16.2 Å². The number of anilines is 2. The molecular formula is C90H121N19O26. The van der Waals surface area contributed by atoms with E-state index < -0.39 is 255 Å². The quantitative estimate of drug-likeness (QED) is 0.00834. The number of nitrogens with two attached hydrogens (primary N) is 2. The van der Waals surface area contributed by atoms with Gasteiger partial charge in [0.1, 0.15) is 72.6 Å². The van der Waals surface area contributed by atoms with Gasteiger partial charge in [-0.2, -0.15) is 0 Å². The van der Waals surface area contributed by atoms with Crippen LogP contribution in [0.25, 0.3) is 10.9 Å². The number of carbonyl (C=O) groups excluding carboxylic acids is 16. The standard InChI is InChI=1S/C90H121N19O26/c1-5-6-7-8-9-10-14-27-71(113)99-62(38-55-45-94-60-25-18-16-22-57(55)60)84(128)102-63(40-70(92)112)85(129)104-66(43-77(122)123)86(130)107-79-52(4)135-90(134)67(39-69(111)58-23-15-17-24-59(58)91)105-89(133)78(50(2)37-74(116)117)106-87(131)68(49-110)100-73(115)46-95-81(125)64(41-75(118)119)101-80(124)51(3)97-83(127)65(42-76(120)121)103-82(126)61(98-72(114)47-96-88(79)132)26-19-32-93-44-53-28-30-56(31-29-53)109-35-33-108(34-36-109)48-54-20-12-11-13-21-54/h11-13,15-18,20-25,28-31,45,50-52,61-68,78-79,93-94,110H,5-10,14,19,26-27,32-44,46-49,91H2,1-4H3,(H2,92,112)(H,95,125)(H,96,132)(H,97,127)(H,98,114)(H,99,113)(H,100,115)(H,101,124)(H,102,128)(H,103,126)(H,104,129)(H,105,133)(H,106,131)(H,107,130)(H,116,117)(H,118,119)(H,120,121)(H,122,123)/t50-,51-,52?,61+,62+,63+,64+,65?,66+,67+,68-,78?,79?/m1/s1. The summed E-state index contributed by atoms with van der Waals surface area (Å²) in [7, 11) is 0. The molecule has 732 valence electrons. The maximum absolute atomic E-state index is 15.1. The lowest BCUT2D eigenvalue weighted by Crippen LogP contribution is -2.62. The second-order valence-corrected chi connectivity index (χ2v) is 33.1. The number of nitrogen functional groups attached to an aromatic ring is 1. The number of Topliss-reactive ketones (excluding diaryl/α,β-unsaturated/α-hetero) is 1. The number of aromatic nitrogens is 1. The monoisotopic (exact) mass is 1880 g/mol. The Morgan fingerprint density at radius 3 is 1.72 bits per heavy atom. The number of esters is 1. The number of rotatable bonds is 41. The van der Waals surface area contributed by atoms with Crippen LogP contribution in [0.15, 0.2) is 109 Å². The maximum Gasteiger partial charge on any atom is 0.329 e. The van der Waals surface area contributed by atoms with Crippen LogP contribution in [0.1, 0.15) is 157 Å². The summed E-state index contributed by atoms with van der Waals surface area (Å²) in [5, 5.41) is 83.4. The number of unbranched alkanes of at least 4 members (excludes halogenated alkanes) is 6. The Bertz CT molecular complexity index is 5010. The third-order valence-electron chi connectivity index (χ3n) is 22.3. The molecule has 2 aliphatic rings. The van der Waals surface area contributed by atoms with Gasteiger partial charge in [-0.05, 0) is 92.6 Å². The highest BCUT2D eigenvalue weighted by Gasteiger charge is 2.42. The summed E-state index contributed by atoms with van der Waals surface area (Å²) in [6.07, 6.45) is -2.28. The van der Waals surface area contributed by atoms with Crippen molar-refractivity contribution in [2.24, 2.45) is 11.7 Å². The molecule has 7 rings (SSSR count). The zero-order chi connectivity index (χ0) is 99.0. The number of ketones is 1. The molecule has 2 fully saturated rings. The van der Waals surface area contributed by atoms with E-state index in [1.165, 1.54) is 29.8 Å². The maximum atomic E-state index is 15.1. The van der Waals surface area contributed by atoms with Gasteiger partial charge >= 0.3 is 29.8 Å². The third-order valence-corrected chi connectivity index (χ3v) is 22.3. The molecule has 0 saturated carbocycles. The Labute approximate surface area is 776 Å². The number of carboxylic acids is 4. The summed E-state index contributed by atoms with van der Waals surface area (Å²) in [4.78, 5) is 286. The van der Waals surface area contributed by atoms with Crippen LogP contribution >= 0.6 is 0 Å². The van der Waals surface area contributed by atoms with Crippen molar-refractivity contribution in [3.8, 4) is 0 Å². The van der Waals surface area contributed by atoms with Crippen molar-refractivity contribution in [1.29, 1.82) is 0 Å². The number of primary amides is 1. The number of H-pyrrole nitrogens is 1. The van der Waals surface area contributed by atoms with Gasteiger partial charge in [0.2, 0.25) is 82.7 Å². The summed E-state index contributed by atoms with van der Waals surface area (Å²) in [6.45, 7) is 5.69. The van der Waals surface area contributed by atoms with E-state index in [0.29, 0.717) is 29.3 Å². The number of para-hydroxylation sites is 2. The Morgan fingerprint density at radius 1 is 0.526 bits per heavy atom. The molecule has 45 heteroatoms. The van der Waals surface area contributed by atoms with Crippen molar-refractivity contribution in [2.45, 2.75) is 223 Å². The van der Waals surface area contributed by atoms with Gasteiger partial charge in [-0.25, -0.2) is 4.79 Å². The predicted molar refractivity (Wildman–Crippen MR) is 483 cm³/mol. The average molecular weight is 1890 g/mol. The predicted octanol–water partition coefficient (Wildman–Crippen LogP) is -2.47. The molecule has 4 unspecified atom stereocenters. The van der Waals surface area contributed by atoms with Crippen molar-refractivity contribution in [3.05, 3.63) is 132 Å². The normalized spacial score (nSPS) is 20.6. The van der Waals surface area contributed by atoms with Gasteiger partial charge in [0.05, 0.1) is 51.8 Å². The van der Waals surface area contributed by atoms with Crippen molar-refractivity contribution in [1.82, 2.24) is 84.3 Å². The number of amides is 14. The minimum Gasteiger partial charge on any atom is -0.481 e. The Hall–Kier alpha value is -14.5. The lowest BCUT2D eigenvalue weighted by Gasteiger charge is -2.36. The van der Waals surface area contributed by atoms with E-state index in [1.54, 1.807) is 30.5 Å². The van der Waals surface area contributed by atoms with Crippen molar-refractivity contribution in [2.75, 3.05) is 63.1 Å². The van der Waals surface area contributed by atoms with Crippen LogP contribution in [-0.4, -0.2) is 279 Å². The highest BCUT2D eigenvalue weighted by molar-refractivity contribution is 6.05. The van der Waals surface area contributed by atoms with Gasteiger partial charge in [-0.3, -0.25) is 96.0 Å². The fraction of sp³-hybridized carbons (Fsp3) is 0.489. The number of fused-ring (bicyclic) bond motifs is 1. The fourth-order valence-corrected chi connectivity index (χ4v) is 14.9. The Kier molecular flexibility index (Phi) is 43.4. The number of aliphatic hydroxyl groups is 1. The van der Waals surface area contributed by atoms with E-state index in [9.17, 15) is 107 Å². The zero-order valence-corrected chi connectivity index (χ0v) is 75.3. The van der Waals surface area contributed by atoms with E-state index in [2.05, 4.69) is 97.6 Å². The van der Waals surface area contributed by atoms with E-state index in [1.807, 2.05) is 53.1 Å². The van der Waals surface area contributed by atoms with Crippen LogP contribution in [0.2, 0.25) is 0 Å². The van der Waals surface area contributed by atoms with Crippen LogP contribution in [0.4, 0.5) is 11.4 Å². The highest BCUT2D eigenvalue weighted by Crippen LogP contribution is 2.24. The van der Waals surface area contributed by atoms with Gasteiger partial charge in [-0.15, -0.1) is 0 Å². The number of nitrogens with zero attached hydrogens (tertiary/aromatic N) is 2. The molecule has 2 aliphatic heterocycles. The van der Waals surface area contributed by atoms with Gasteiger partial charge in [0.25, 0.3) is 0 Å². The molecule has 0 radical (unpaired) electrons. The fourth-order valence-electron chi connectivity index (χ4n) is 14.9. The van der Waals surface area contributed by atoms with Crippen molar-refractivity contribution < 1.29 is 126 Å². The number of cyclic esters (lactones) is 1. The van der Waals surface area contributed by atoms with Gasteiger partial charge in [-0.1, -0.05) is 125 Å². The summed E-state index contributed by atoms with van der Waals surface area (Å²) >= 11 is 0. The summed E-state index contributed by atoms with van der Waals surface area (Å²) in [5.41, 5.74) is 15.5. The molecule has 0 aliphatic carbocycles. The molecule has 24 N–H and O–H groups in total. The molecule has 3 heterocycles. The minimum atomic E-state index is -2.47. The molecule has 14 amide bonds. The van der Waals surface area contributed by atoms with E-state index in [0.717, 1.165) is 96.8 Å². The first-order chi connectivity index (χ1) is 64.3. The summed E-state index contributed by atoms with van der Waals surface area (Å²) in [6, 6.07) is 7.22. The lowest BCUT2D eigenvalue weighted by molar-refractivity contribution is -0.156. The number of hydrogen-bond acceptors (Lipinski definition) is 26. The zero-order valence-electron chi connectivity index (χ0n) is 75.3. The minimum absolute atomic E-state index is 0.00490. The van der Waals surface area contributed by atoms with Crippen LogP contribution in [-0.2, 0) is 115 Å². The number of ether oxygens (including phenoxy) is 1. The number of benzene rings is 4. The molecule has 4 aromatic carbocycles. The molecule has 0 bridgehead atoms. The molecule has 5 aromatic rings. The number of carbonyl (C=O) groups is 20. The van der Waals surface area contributed by atoms with Crippen LogP contribution in [0.3, 0.4) is 0 Å². The first-order valence-corrected chi connectivity index (χ1v) is 44.4. The Balaban J connectivity index is 1.25. The number of aliphatic hydroxyl groups excluding tert-OH is 1. The Morgan fingerprint density at radius 2 is 1.09 bits per heavy atom. The number of carboxylic acid groups (broad SMARTS) is 4. The molecule has 1 aromatic heterocycles. The summed E-state index contributed by atoms with van der Waals surface area (Å²) < 4.78 is 5.78. The molecule has 2 saturated heterocycles. The van der Waals surface area contributed by atoms with Gasteiger partial charge in [0.15, 0.2) is 5.78 Å². The average Bonchev–Trinajstić information content (AvgIpc) is 1.69. The second-order valence-electron chi connectivity index (χ2n) is 33.1. The van der Waals surface area contributed by atoms with Crippen LogP contribution in [0, 0.1) is 5.92 Å². The number of nitrogens with one attached hydrogen (secondary N) is 15. The number of hydrogen-bond donors (Lipinski definition) is 22. The highest BCUT2D eigenvalue weighted by atomic mass is 16.5. The number of aliphatic carboxylic acids is 4. The number of aromatic amines is 1. The van der Waals surface area contributed by atoms with Gasteiger partial charge in [0, 0.05) is 92.6 Å². The smallest absolute Gasteiger partial charge is 0.329 e. The van der Waals surface area contributed by atoms with Crippen LogP contribution in [0.5, 0.6) is 0 Å². The van der Waals surface area contributed by atoms with Crippen LogP contribution < -0.4 is 90.8 Å². The largest absolute Gasteiger partial charge is 0.481 e. The topological polar surface area (TPSA) is 695 Å². The van der Waals surface area contributed by atoms with E-state index >= 15 is 14.4 Å². The van der Waals surface area contributed by atoms with Gasteiger partial charge < -0.3 is 126 Å².